The molecule has 1 aromatic heterocycles. The lowest BCUT2D eigenvalue weighted by Gasteiger charge is -2.31. The van der Waals surface area contributed by atoms with E-state index in [-0.39, 0.29) is 0 Å². The minimum Gasteiger partial charge on any atom is -0.338 e. The number of nitrogens with zero attached hydrogens (tertiary/aromatic N) is 3. The zero-order chi connectivity index (χ0) is 11.0. The van der Waals surface area contributed by atoms with E-state index in [4.69, 9.17) is 4.52 Å². The lowest BCUT2D eigenvalue weighted by Crippen LogP contribution is -2.36. The van der Waals surface area contributed by atoms with Gasteiger partial charge in [0.05, 0.1) is 6.54 Å². The molecule has 0 unspecified atom stereocenters. The van der Waals surface area contributed by atoms with Gasteiger partial charge in [-0.05, 0) is 39.2 Å². The molecule has 0 spiro atoms. The number of likely N-dealkylation sites (tertiary alicyclic amines) is 1. The monoisotopic (exact) mass is 221 g/mol. The molecule has 1 aromatic rings. The SMILES string of the molecule is C[C@H]1CCCCN1Cc1nc(C2CC2)no1. The lowest BCUT2D eigenvalue weighted by atomic mass is 10.0. The minimum absolute atomic E-state index is 0.594. The van der Waals surface area contributed by atoms with Gasteiger partial charge in [0.25, 0.3) is 0 Å². The van der Waals surface area contributed by atoms with Crippen LogP contribution in [0.25, 0.3) is 0 Å². The van der Waals surface area contributed by atoms with Crippen molar-refractivity contribution in [3.05, 3.63) is 11.7 Å². The summed E-state index contributed by atoms with van der Waals surface area (Å²) in [4.78, 5) is 6.93. The molecule has 2 aliphatic rings. The van der Waals surface area contributed by atoms with Crippen LogP contribution >= 0.6 is 0 Å². The zero-order valence-corrected chi connectivity index (χ0v) is 9.85. The van der Waals surface area contributed by atoms with Gasteiger partial charge in [-0.1, -0.05) is 11.6 Å². The van der Waals surface area contributed by atoms with Gasteiger partial charge in [-0.25, -0.2) is 0 Å². The van der Waals surface area contributed by atoms with Crippen molar-refractivity contribution in [2.75, 3.05) is 6.54 Å². The van der Waals surface area contributed by atoms with Crippen LogP contribution in [-0.4, -0.2) is 27.6 Å². The van der Waals surface area contributed by atoms with E-state index in [1.165, 1.54) is 38.6 Å². The second kappa shape index (κ2) is 4.17. The molecule has 3 rings (SSSR count). The molecule has 0 bridgehead atoms. The minimum atomic E-state index is 0.594. The van der Waals surface area contributed by atoms with Crippen molar-refractivity contribution in [1.29, 1.82) is 0 Å². The van der Waals surface area contributed by atoms with Crippen LogP contribution in [0.1, 0.15) is 56.7 Å². The van der Waals surface area contributed by atoms with E-state index in [1.807, 2.05) is 0 Å². The van der Waals surface area contributed by atoms with Crippen molar-refractivity contribution >= 4 is 0 Å². The Morgan fingerprint density at radius 2 is 2.19 bits per heavy atom. The van der Waals surface area contributed by atoms with E-state index in [9.17, 15) is 0 Å². The smallest absolute Gasteiger partial charge is 0.240 e. The van der Waals surface area contributed by atoms with Gasteiger partial charge in [0.1, 0.15) is 0 Å². The van der Waals surface area contributed by atoms with Gasteiger partial charge in [-0.3, -0.25) is 4.90 Å². The summed E-state index contributed by atoms with van der Waals surface area (Å²) in [7, 11) is 0. The van der Waals surface area contributed by atoms with Crippen LogP contribution < -0.4 is 0 Å². The molecule has 1 atom stereocenters. The molecule has 2 fully saturated rings. The van der Waals surface area contributed by atoms with E-state index < -0.39 is 0 Å². The summed E-state index contributed by atoms with van der Waals surface area (Å²) in [5.74, 6) is 2.33. The average Bonchev–Trinajstić information content (AvgIpc) is 3.03. The van der Waals surface area contributed by atoms with Crippen LogP contribution in [0.3, 0.4) is 0 Å². The Morgan fingerprint density at radius 3 is 2.94 bits per heavy atom. The molecule has 1 aliphatic carbocycles. The zero-order valence-electron chi connectivity index (χ0n) is 9.85. The Labute approximate surface area is 96.0 Å². The number of piperidine rings is 1. The third-order valence-corrected chi connectivity index (χ3v) is 3.71. The summed E-state index contributed by atoms with van der Waals surface area (Å²) < 4.78 is 5.31. The first kappa shape index (κ1) is 10.3. The van der Waals surface area contributed by atoms with Crippen LogP contribution in [-0.2, 0) is 6.54 Å². The van der Waals surface area contributed by atoms with E-state index in [2.05, 4.69) is 22.0 Å². The Bertz CT molecular complexity index is 359. The molecule has 0 aromatic carbocycles. The van der Waals surface area contributed by atoms with Crippen molar-refractivity contribution in [3.8, 4) is 0 Å². The number of hydrogen-bond donors (Lipinski definition) is 0. The fourth-order valence-corrected chi connectivity index (χ4v) is 2.41. The second-order valence-corrected chi connectivity index (χ2v) is 5.14. The molecular weight excluding hydrogens is 202 g/mol. The van der Waals surface area contributed by atoms with Gasteiger partial charge in [0.2, 0.25) is 5.89 Å². The van der Waals surface area contributed by atoms with Crippen molar-refractivity contribution in [2.45, 2.75) is 57.5 Å². The summed E-state index contributed by atoms with van der Waals surface area (Å²) in [6.45, 7) is 4.29. The Morgan fingerprint density at radius 1 is 1.31 bits per heavy atom. The van der Waals surface area contributed by atoms with E-state index >= 15 is 0 Å². The van der Waals surface area contributed by atoms with Crippen molar-refractivity contribution in [1.82, 2.24) is 15.0 Å². The van der Waals surface area contributed by atoms with Crippen molar-refractivity contribution in [2.24, 2.45) is 0 Å². The first-order valence-electron chi connectivity index (χ1n) is 6.39. The summed E-state index contributed by atoms with van der Waals surface area (Å²) >= 11 is 0. The highest BCUT2D eigenvalue weighted by Crippen LogP contribution is 2.38. The van der Waals surface area contributed by atoms with Crippen LogP contribution in [0.4, 0.5) is 0 Å². The summed E-state index contributed by atoms with van der Waals surface area (Å²) in [6, 6.07) is 0.657. The van der Waals surface area contributed by atoms with Crippen LogP contribution in [0.2, 0.25) is 0 Å². The predicted molar refractivity (Wildman–Crippen MR) is 60.0 cm³/mol. The number of hydrogen-bond acceptors (Lipinski definition) is 4. The van der Waals surface area contributed by atoms with Gasteiger partial charge in [-0.15, -0.1) is 0 Å². The maximum absolute atomic E-state index is 5.31. The highest BCUT2D eigenvalue weighted by molar-refractivity contribution is 5.03. The average molecular weight is 221 g/mol. The summed E-state index contributed by atoms with van der Waals surface area (Å²) in [6.07, 6.45) is 6.42. The predicted octanol–water partition coefficient (Wildman–Crippen LogP) is 2.32. The van der Waals surface area contributed by atoms with Crippen LogP contribution in [0, 0.1) is 0 Å². The third-order valence-electron chi connectivity index (χ3n) is 3.71. The summed E-state index contributed by atoms with van der Waals surface area (Å²) in [5.41, 5.74) is 0. The molecule has 1 saturated carbocycles. The van der Waals surface area contributed by atoms with Crippen molar-refractivity contribution < 1.29 is 4.52 Å². The van der Waals surface area contributed by atoms with E-state index in [1.54, 1.807) is 0 Å². The van der Waals surface area contributed by atoms with Gasteiger partial charge >= 0.3 is 0 Å². The second-order valence-electron chi connectivity index (χ2n) is 5.14. The fraction of sp³-hybridized carbons (Fsp3) is 0.833. The Kier molecular flexibility index (Phi) is 2.67. The van der Waals surface area contributed by atoms with E-state index in [0.717, 1.165) is 18.3 Å². The molecule has 88 valence electrons. The molecule has 0 N–H and O–H groups in total. The number of aromatic nitrogens is 2. The number of rotatable bonds is 3. The molecule has 4 nitrogen and oxygen atoms in total. The van der Waals surface area contributed by atoms with E-state index in [0.29, 0.717) is 12.0 Å². The summed E-state index contributed by atoms with van der Waals surface area (Å²) in [5, 5.41) is 4.06. The lowest BCUT2D eigenvalue weighted by molar-refractivity contribution is 0.135. The quantitative estimate of drug-likeness (QED) is 0.785. The third kappa shape index (κ3) is 2.12. The standard InChI is InChI=1S/C12H19N3O/c1-9-4-2-3-7-15(9)8-11-13-12(14-16-11)10-5-6-10/h9-10H,2-8H2,1H3/t9-/m0/s1. The van der Waals surface area contributed by atoms with Gasteiger partial charge in [-0.2, -0.15) is 4.98 Å². The highest BCUT2D eigenvalue weighted by Gasteiger charge is 2.29. The topological polar surface area (TPSA) is 42.2 Å². The maximum Gasteiger partial charge on any atom is 0.240 e. The molecular formula is C12H19N3O. The maximum atomic E-state index is 5.31. The first-order valence-corrected chi connectivity index (χ1v) is 6.39. The van der Waals surface area contributed by atoms with Gasteiger partial charge < -0.3 is 4.52 Å². The largest absolute Gasteiger partial charge is 0.338 e. The molecule has 0 amide bonds. The molecule has 0 radical (unpaired) electrons. The molecule has 1 aliphatic heterocycles. The Hall–Kier alpha value is -0.900. The fourth-order valence-electron chi connectivity index (χ4n) is 2.41. The normalized spacial score (nSPS) is 27.2. The van der Waals surface area contributed by atoms with Gasteiger partial charge in [0, 0.05) is 12.0 Å². The molecule has 4 heteroatoms. The van der Waals surface area contributed by atoms with Gasteiger partial charge in [0.15, 0.2) is 5.82 Å². The van der Waals surface area contributed by atoms with Crippen molar-refractivity contribution in [3.63, 3.8) is 0 Å². The Balaban J connectivity index is 1.63. The highest BCUT2D eigenvalue weighted by atomic mass is 16.5. The molecule has 2 heterocycles. The van der Waals surface area contributed by atoms with Crippen LogP contribution in [0.5, 0.6) is 0 Å². The molecule has 16 heavy (non-hydrogen) atoms. The van der Waals surface area contributed by atoms with Crippen LogP contribution in [0.15, 0.2) is 4.52 Å². The molecule has 1 saturated heterocycles. The first-order chi connectivity index (χ1) is 7.83.